The van der Waals surface area contributed by atoms with E-state index >= 15 is 0 Å². The molecule has 11 nitrogen and oxygen atoms in total. The lowest BCUT2D eigenvalue weighted by molar-refractivity contribution is -0.125. The lowest BCUT2D eigenvalue weighted by atomic mass is 9.99. The Morgan fingerprint density at radius 1 is 1.07 bits per heavy atom. The molecular formula is C30H27N5O6. The van der Waals surface area contributed by atoms with Gasteiger partial charge in [-0.15, -0.1) is 0 Å². The van der Waals surface area contributed by atoms with Crippen molar-refractivity contribution in [3.05, 3.63) is 93.9 Å². The predicted molar refractivity (Wildman–Crippen MR) is 146 cm³/mol. The van der Waals surface area contributed by atoms with Crippen LogP contribution in [-0.4, -0.2) is 55.3 Å². The Hall–Kier alpha value is -4.90. The van der Waals surface area contributed by atoms with Crippen LogP contribution in [0.25, 0.3) is 5.65 Å². The van der Waals surface area contributed by atoms with E-state index < -0.39 is 30.1 Å². The Morgan fingerprint density at radius 2 is 1.90 bits per heavy atom. The smallest absolute Gasteiger partial charge is 0.270 e. The molecule has 41 heavy (non-hydrogen) atoms. The molecule has 2 amide bonds. The number of aromatic nitrogens is 3. The van der Waals surface area contributed by atoms with Gasteiger partial charge in [-0.2, -0.15) is 5.10 Å². The standard InChI is InChI=1S/C30H27N5O6/c1-15(36)18-4-5-21-19(10-18)11-25(38)28(21)34-30(40)23-13-22(33-27-7-8-32-35(23)27)29(39)31-14-17-3-6-26-20(9-17)12-24(37)16(2)41-26/h3-10,13,16,25,28,38H,11-12,14H2,1-2H3,(H,31,39)(H,34,40)/t16?,25-,28-/m1/s1. The Morgan fingerprint density at radius 3 is 2.71 bits per heavy atom. The first-order valence-electron chi connectivity index (χ1n) is 13.2. The Balaban J connectivity index is 1.21. The summed E-state index contributed by atoms with van der Waals surface area (Å²) in [6, 6.07) is 12.8. The van der Waals surface area contributed by atoms with Gasteiger partial charge in [-0.05, 0) is 48.7 Å². The third-order valence-corrected chi connectivity index (χ3v) is 7.51. The maximum atomic E-state index is 13.4. The molecular weight excluding hydrogens is 526 g/mol. The average Bonchev–Trinajstić information content (AvgIpc) is 3.55. The van der Waals surface area contributed by atoms with E-state index in [9.17, 15) is 24.3 Å². The van der Waals surface area contributed by atoms with Crippen molar-refractivity contribution >= 4 is 29.0 Å². The third kappa shape index (κ3) is 4.95. The van der Waals surface area contributed by atoms with E-state index in [1.807, 2.05) is 12.1 Å². The van der Waals surface area contributed by atoms with Crippen LogP contribution in [0.5, 0.6) is 5.75 Å². The molecule has 0 spiro atoms. The SMILES string of the molecule is CC(=O)c1ccc2c(c1)C[C@@H](O)[C@@H]2NC(=O)c1cc(C(=O)NCc2ccc3c(c2)CC(=O)C(C)O3)nc2ccnn12. The normalized spacial score (nSPS) is 19.3. The van der Waals surface area contributed by atoms with Crippen molar-refractivity contribution in [3.63, 3.8) is 0 Å². The van der Waals surface area contributed by atoms with Crippen molar-refractivity contribution in [1.29, 1.82) is 0 Å². The number of carbonyl (C=O) groups is 4. The minimum atomic E-state index is -0.880. The average molecular weight is 554 g/mol. The highest BCUT2D eigenvalue weighted by Gasteiger charge is 2.33. The molecule has 3 N–H and O–H groups in total. The largest absolute Gasteiger partial charge is 0.483 e. The van der Waals surface area contributed by atoms with Crippen LogP contribution in [0.3, 0.4) is 0 Å². The minimum Gasteiger partial charge on any atom is -0.483 e. The maximum absolute atomic E-state index is 13.4. The summed E-state index contributed by atoms with van der Waals surface area (Å²) in [5.74, 6) is -0.466. The van der Waals surface area contributed by atoms with Gasteiger partial charge in [0.15, 0.2) is 23.3 Å². The van der Waals surface area contributed by atoms with E-state index in [1.54, 1.807) is 37.3 Å². The van der Waals surface area contributed by atoms with Crippen LogP contribution in [0, 0.1) is 0 Å². The number of hydrogen-bond donors (Lipinski definition) is 3. The fourth-order valence-electron chi connectivity index (χ4n) is 5.29. The van der Waals surface area contributed by atoms with Crippen molar-refractivity contribution in [2.75, 3.05) is 0 Å². The molecule has 0 saturated carbocycles. The summed E-state index contributed by atoms with van der Waals surface area (Å²) in [6.45, 7) is 3.37. The molecule has 0 radical (unpaired) electrons. The molecule has 3 atom stereocenters. The number of aliphatic hydroxyl groups is 1. The quantitative estimate of drug-likeness (QED) is 0.307. The van der Waals surface area contributed by atoms with Gasteiger partial charge < -0.3 is 20.5 Å². The third-order valence-electron chi connectivity index (χ3n) is 7.51. The Kier molecular flexibility index (Phi) is 6.58. The van der Waals surface area contributed by atoms with Crippen molar-refractivity contribution in [3.8, 4) is 5.75 Å². The van der Waals surface area contributed by atoms with Gasteiger partial charge in [0, 0.05) is 42.6 Å². The van der Waals surface area contributed by atoms with Crippen LogP contribution in [-0.2, 0) is 24.2 Å². The number of fused-ring (bicyclic) bond motifs is 3. The summed E-state index contributed by atoms with van der Waals surface area (Å²) in [5, 5.41) is 20.6. The van der Waals surface area contributed by atoms with E-state index in [2.05, 4.69) is 20.7 Å². The van der Waals surface area contributed by atoms with E-state index in [0.29, 0.717) is 23.4 Å². The van der Waals surface area contributed by atoms with E-state index in [1.165, 1.54) is 23.7 Å². The van der Waals surface area contributed by atoms with Gasteiger partial charge in [0.05, 0.1) is 18.3 Å². The molecule has 1 aliphatic carbocycles. The molecule has 11 heteroatoms. The number of carbonyl (C=O) groups excluding carboxylic acids is 4. The number of rotatable bonds is 6. The van der Waals surface area contributed by atoms with Gasteiger partial charge in [-0.3, -0.25) is 19.2 Å². The zero-order chi connectivity index (χ0) is 28.8. The van der Waals surface area contributed by atoms with Gasteiger partial charge in [-0.1, -0.05) is 18.2 Å². The minimum absolute atomic E-state index is 0.00257. The van der Waals surface area contributed by atoms with Gasteiger partial charge >= 0.3 is 0 Å². The molecule has 4 aromatic rings. The second-order valence-corrected chi connectivity index (χ2v) is 10.3. The molecule has 1 aliphatic heterocycles. The zero-order valence-corrected chi connectivity index (χ0v) is 22.4. The fourth-order valence-corrected chi connectivity index (χ4v) is 5.29. The van der Waals surface area contributed by atoms with Crippen molar-refractivity contribution in [1.82, 2.24) is 25.2 Å². The van der Waals surface area contributed by atoms with Crippen LogP contribution in [0.15, 0.2) is 54.7 Å². The summed E-state index contributed by atoms with van der Waals surface area (Å²) in [6.07, 6.45) is 0.685. The van der Waals surface area contributed by atoms with Crippen LogP contribution in [0.1, 0.15) is 73.5 Å². The summed E-state index contributed by atoms with van der Waals surface area (Å²) in [5.41, 5.74) is 4.02. The number of hydrogen-bond acceptors (Lipinski definition) is 8. The Labute approximate surface area is 234 Å². The fraction of sp³-hybridized carbons (Fsp3) is 0.267. The van der Waals surface area contributed by atoms with Gasteiger partial charge in [0.25, 0.3) is 11.8 Å². The molecule has 208 valence electrons. The topological polar surface area (TPSA) is 152 Å². The molecule has 3 heterocycles. The number of nitrogens with zero attached hydrogens (tertiary/aromatic N) is 3. The second-order valence-electron chi connectivity index (χ2n) is 10.3. The summed E-state index contributed by atoms with van der Waals surface area (Å²) >= 11 is 0. The van der Waals surface area contributed by atoms with Crippen molar-refractivity contribution in [2.24, 2.45) is 0 Å². The number of aliphatic hydroxyl groups excluding tert-OH is 1. The molecule has 2 aromatic heterocycles. The number of amides is 2. The van der Waals surface area contributed by atoms with Gasteiger partial charge in [0.1, 0.15) is 17.1 Å². The summed E-state index contributed by atoms with van der Waals surface area (Å²) in [7, 11) is 0. The molecule has 2 aromatic carbocycles. The summed E-state index contributed by atoms with van der Waals surface area (Å²) < 4.78 is 6.96. The number of Topliss-reactive ketones (excluding diaryl/α,β-unsaturated/α-hetero) is 2. The van der Waals surface area contributed by atoms with Gasteiger partial charge in [0.2, 0.25) is 0 Å². The van der Waals surface area contributed by atoms with Crippen LogP contribution < -0.4 is 15.4 Å². The number of nitrogens with one attached hydrogen (secondary N) is 2. The van der Waals surface area contributed by atoms with Crippen LogP contribution in [0.4, 0.5) is 0 Å². The predicted octanol–water partition coefficient (Wildman–Crippen LogP) is 2.14. The number of ketones is 2. The maximum Gasteiger partial charge on any atom is 0.270 e. The van der Waals surface area contributed by atoms with Crippen LogP contribution >= 0.6 is 0 Å². The molecule has 6 rings (SSSR count). The molecule has 0 saturated heterocycles. The first-order chi connectivity index (χ1) is 19.7. The summed E-state index contributed by atoms with van der Waals surface area (Å²) in [4.78, 5) is 54.7. The number of ether oxygens (including phenoxy) is 1. The van der Waals surface area contributed by atoms with E-state index in [0.717, 1.165) is 22.3 Å². The van der Waals surface area contributed by atoms with E-state index in [4.69, 9.17) is 4.74 Å². The molecule has 1 unspecified atom stereocenters. The van der Waals surface area contributed by atoms with Crippen molar-refractivity contribution in [2.45, 2.75) is 51.5 Å². The van der Waals surface area contributed by atoms with E-state index in [-0.39, 0.29) is 35.9 Å². The highest BCUT2D eigenvalue weighted by molar-refractivity contribution is 5.98. The van der Waals surface area contributed by atoms with Crippen LogP contribution in [0.2, 0.25) is 0 Å². The first-order valence-corrected chi connectivity index (χ1v) is 13.2. The Bertz CT molecular complexity index is 1740. The highest BCUT2D eigenvalue weighted by Crippen LogP contribution is 2.33. The number of benzene rings is 2. The molecule has 2 aliphatic rings. The molecule has 0 bridgehead atoms. The van der Waals surface area contributed by atoms with Gasteiger partial charge in [-0.25, -0.2) is 9.50 Å². The first kappa shape index (κ1) is 26.3. The van der Waals surface area contributed by atoms with Crippen molar-refractivity contribution < 1.29 is 29.0 Å². The highest BCUT2D eigenvalue weighted by atomic mass is 16.5. The molecule has 0 fully saturated rings. The monoisotopic (exact) mass is 553 g/mol. The lowest BCUT2D eigenvalue weighted by Crippen LogP contribution is -2.35. The zero-order valence-electron chi connectivity index (χ0n) is 22.4. The lowest BCUT2D eigenvalue weighted by Gasteiger charge is -2.22. The second kappa shape index (κ2) is 10.3.